The standard InChI is InChI=1S/C29H32Cl3N3O4S/c1-19(2)16-33-29(37)21(4)34(17-22-11-13-23(30)14-26(22)32)28(36)18-35(27-15-24(31)12-10-20(27)3)40(38,39)25-8-6-5-7-9-25/h5-15,19,21H,16-18H2,1-4H3,(H,33,37)/t21-/m0/s1. The number of sulfonamides is 1. The molecule has 0 heterocycles. The van der Waals surface area contributed by atoms with Gasteiger partial charge in [0.25, 0.3) is 10.0 Å². The third-order valence-corrected chi connectivity index (χ3v) is 8.85. The molecule has 0 aliphatic carbocycles. The van der Waals surface area contributed by atoms with Crippen LogP contribution in [0.4, 0.5) is 5.69 Å². The molecule has 40 heavy (non-hydrogen) atoms. The van der Waals surface area contributed by atoms with E-state index in [4.69, 9.17) is 34.8 Å². The lowest BCUT2D eigenvalue weighted by molar-refractivity contribution is -0.139. The van der Waals surface area contributed by atoms with E-state index in [0.717, 1.165) is 4.31 Å². The van der Waals surface area contributed by atoms with Gasteiger partial charge in [-0.25, -0.2) is 8.42 Å². The van der Waals surface area contributed by atoms with E-state index in [9.17, 15) is 18.0 Å². The topological polar surface area (TPSA) is 86.8 Å². The lowest BCUT2D eigenvalue weighted by Crippen LogP contribution is -2.51. The fraction of sp³-hybridized carbons (Fsp3) is 0.310. The summed E-state index contributed by atoms with van der Waals surface area (Å²) in [5.41, 5.74) is 1.41. The van der Waals surface area contributed by atoms with Crippen LogP contribution in [0.25, 0.3) is 0 Å². The first-order chi connectivity index (χ1) is 18.8. The van der Waals surface area contributed by atoms with Gasteiger partial charge in [0, 0.05) is 28.2 Å². The second-order valence-electron chi connectivity index (χ2n) is 9.83. The first-order valence-corrected chi connectivity index (χ1v) is 15.2. The molecule has 3 aromatic rings. The van der Waals surface area contributed by atoms with Gasteiger partial charge in [-0.05, 0) is 67.3 Å². The van der Waals surface area contributed by atoms with Gasteiger partial charge in [0.1, 0.15) is 12.6 Å². The quantitative estimate of drug-likeness (QED) is 0.270. The van der Waals surface area contributed by atoms with Crippen molar-refractivity contribution in [2.75, 3.05) is 17.4 Å². The van der Waals surface area contributed by atoms with Crippen LogP contribution >= 0.6 is 34.8 Å². The van der Waals surface area contributed by atoms with Gasteiger partial charge in [-0.2, -0.15) is 0 Å². The Kier molecular flexibility index (Phi) is 10.9. The van der Waals surface area contributed by atoms with Crippen LogP contribution in [0.15, 0.2) is 71.6 Å². The molecule has 7 nitrogen and oxygen atoms in total. The Balaban J connectivity index is 2.06. The number of anilines is 1. The van der Waals surface area contributed by atoms with Gasteiger partial charge in [-0.1, -0.05) is 79.0 Å². The zero-order valence-corrected chi connectivity index (χ0v) is 25.8. The summed E-state index contributed by atoms with van der Waals surface area (Å²) >= 11 is 18.7. The van der Waals surface area contributed by atoms with Gasteiger partial charge < -0.3 is 10.2 Å². The number of hydrogen-bond donors (Lipinski definition) is 1. The molecule has 0 saturated carbocycles. The van der Waals surface area contributed by atoms with Crippen molar-refractivity contribution in [1.82, 2.24) is 10.2 Å². The number of aryl methyl sites for hydroxylation is 1. The van der Waals surface area contributed by atoms with Crippen LogP contribution in [0.1, 0.15) is 31.9 Å². The van der Waals surface area contributed by atoms with Crippen molar-refractivity contribution < 1.29 is 18.0 Å². The summed E-state index contributed by atoms with van der Waals surface area (Å²) in [7, 11) is -4.19. The maximum absolute atomic E-state index is 14.0. The lowest BCUT2D eigenvalue weighted by atomic mass is 10.1. The van der Waals surface area contributed by atoms with Crippen LogP contribution in [-0.4, -0.2) is 44.3 Å². The first kappa shape index (κ1) is 31.7. The molecular formula is C29H32Cl3N3O4S. The van der Waals surface area contributed by atoms with Gasteiger partial charge in [-0.15, -0.1) is 0 Å². The number of rotatable bonds is 11. The summed E-state index contributed by atoms with van der Waals surface area (Å²) < 4.78 is 28.8. The van der Waals surface area contributed by atoms with Crippen LogP contribution in [0.2, 0.25) is 15.1 Å². The molecule has 0 radical (unpaired) electrons. The molecule has 0 aliphatic heterocycles. The molecule has 2 amide bonds. The van der Waals surface area contributed by atoms with Crippen LogP contribution in [-0.2, 0) is 26.2 Å². The van der Waals surface area contributed by atoms with E-state index in [2.05, 4.69) is 5.32 Å². The van der Waals surface area contributed by atoms with Crippen molar-refractivity contribution >= 4 is 62.3 Å². The van der Waals surface area contributed by atoms with Crippen molar-refractivity contribution in [3.8, 4) is 0 Å². The largest absolute Gasteiger partial charge is 0.354 e. The summed E-state index contributed by atoms with van der Waals surface area (Å²) in [5, 5.41) is 3.90. The molecule has 0 bridgehead atoms. The molecule has 214 valence electrons. The number of hydrogen-bond acceptors (Lipinski definition) is 4. The van der Waals surface area contributed by atoms with E-state index in [0.29, 0.717) is 32.7 Å². The van der Waals surface area contributed by atoms with E-state index < -0.39 is 28.5 Å². The van der Waals surface area contributed by atoms with Gasteiger partial charge in [-0.3, -0.25) is 13.9 Å². The maximum atomic E-state index is 14.0. The summed E-state index contributed by atoms with van der Waals surface area (Å²) in [6, 6.07) is 16.6. The fourth-order valence-corrected chi connectivity index (χ4v) is 6.08. The van der Waals surface area contributed by atoms with Gasteiger partial charge in [0.2, 0.25) is 11.8 Å². The van der Waals surface area contributed by atoms with Crippen molar-refractivity contribution in [3.05, 3.63) is 92.9 Å². The molecule has 0 aliphatic rings. The van der Waals surface area contributed by atoms with Crippen LogP contribution < -0.4 is 9.62 Å². The van der Waals surface area contributed by atoms with Crippen LogP contribution in [0.5, 0.6) is 0 Å². The van der Waals surface area contributed by atoms with E-state index in [1.54, 1.807) is 62.4 Å². The molecule has 0 saturated heterocycles. The molecular weight excluding hydrogens is 593 g/mol. The third-order valence-electron chi connectivity index (χ3n) is 6.26. The zero-order chi connectivity index (χ0) is 29.6. The average molecular weight is 625 g/mol. The summed E-state index contributed by atoms with van der Waals surface area (Å²) in [6.45, 7) is 7.05. The highest BCUT2D eigenvalue weighted by atomic mass is 35.5. The van der Waals surface area contributed by atoms with Crippen LogP contribution in [0.3, 0.4) is 0 Å². The molecule has 3 rings (SSSR count). The molecule has 3 aromatic carbocycles. The summed E-state index contributed by atoms with van der Waals surface area (Å²) in [6.07, 6.45) is 0. The predicted octanol–water partition coefficient (Wildman–Crippen LogP) is 6.34. The van der Waals surface area contributed by atoms with E-state index in [1.165, 1.54) is 23.1 Å². The number of nitrogens with one attached hydrogen (secondary N) is 1. The second kappa shape index (κ2) is 13.7. The fourth-order valence-electron chi connectivity index (χ4n) is 3.95. The zero-order valence-electron chi connectivity index (χ0n) is 22.7. The number of carbonyl (C=O) groups is 2. The highest BCUT2D eigenvalue weighted by molar-refractivity contribution is 7.92. The Morgan fingerprint density at radius 2 is 1.52 bits per heavy atom. The van der Waals surface area contributed by atoms with Crippen molar-refractivity contribution in [2.45, 2.75) is 45.2 Å². The van der Waals surface area contributed by atoms with Gasteiger partial charge in [0.15, 0.2) is 0 Å². The summed E-state index contributed by atoms with van der Waals surface area (Å²) in [5.74, 6) is -0.774. The molecule has 0 spiro atoms. The number of halogens is 3. The maximum Gasteiger partial charge on any atom is 0.264 e. The predicted molar refractivity (Wildman–Crippen MR) is 161 cm³/mol. The first-order valence-electron chi connectivity index (χ1n) is 12.7. The molecule has 1 atom stereocenters. The molecule has 1 N–H and O–H groups in total. The number of nitrogens with zero attached hydrogens (tertiary/aromatic N) is 2. The number of amides is 2. The number of benzene rings is 3. The minimum absolute atomic E-state index is 0.0113. The molecule has 0 unspecified atom stereocenters. The summed E-state index contributed by atoms with van der Waals surface area (Å²) in [4.78, 5) is 28.4. The monoisotopic (exact) mass is 623 g/mol. The van der Waals surface area contributed by atoms with Crippen LogP contribution in [0, 0.1) is 12.8 Å². The minimum atomic E-state index is -4.19. The Labute approximate surface area is 251 Å². The van der Waals surface area contributed by atoms with Crippen molar-refractivity contribution in [1.29, 1.82) is 0 Å². The minimum Gasteiger partial charge on any atom is -0.354 e. The Morgan fingerprint density at radius 3 is 2.15 bits per heavy atom. The number of carbonyl (C=O) groups excluding carboxylic acids is 2. The highest BCUT2D eigenvalue weighted by Crippen LogP contribution is 2.30. The van der Waals surface area contributed by atoms with Crippen molar-refractivity contribution in [3.63, 3.8) is 0 Å². The van der Waals surface area contributed by atoms with Crippen molar-refractivity contribution in [2.24, 2.45) is 5.92 Å². The normalized spacial score (nSPS) is 12.2. The Bertz CT molecular complexity index is 1470. The SMILES string of the molecule is Cc1ccc(Cl)cc1N(CC(=O)N(Cc1ccc(Cl)cc1Cl)[C@@H](C)C(=O)NCC(C)C)S(=O)(=O)c1ccccc1. The molecule has 11 heteroatoms. The molecule has 0 fully saturated rings. The van der Waals surface area contributed by atoms with E-state index >= 15 is 0 Å². The Hall–Kier alpha value is -2.78. The lowest BCUT2D eigenvalue weighted by Gasteiger charge is -2.32. The Morgan fingerprint density at radius 1 is 0.900 bits per heavy atom. The van der Waals surface area contributed by atoms with Gasteiger partial charge in [0.05, 0.1) is 10.6 Å². The highest BCUT2D eigenvalue weighted by Gasteiger charge is 2.33. The van der Waals surface area contributed by atoms with E-state index in [1.807, 2.05) is 13.8 Å². The second-order valence-corrected chi connectivity index (χ2v) is 13.0. The average Bonchev–Trinajstić information content (AvgIpc) is 2.91. The smallest absolute Gasteiger partial charge is 0.264 e. The molecule has 0 aromatic heterocycles. The van der Waals surface area contributed by atoms with Gasteiger partial charge >= 0.3 is 0 Å². The van der Waals surface area contributed by atoms with E-state index in [-0.39, 0.29) is 29.0 Å². The third kappa shape index (κ3) is 7.91.